The van der Waals surface area contributed by atoms with Crippen molar-refractivity contribution >= 4 is 35.4 Å². The fourth-order valence-corrected chi connectivity index (χ4v) is 2.84. The highest BCUT2D eigenvalue weighted by atomic mass is 16.5. The van der Waals surface area contributed by atoms with E-state index in [1.807, 2.05) is 30.3 Å². The van der Waals surface area contributed by atoms with Crippen molar-refractivity contribution in [2.45, 2.75) is 58.2 Å². The second-order valence-corrected chi connectivity index (χ2v) is 7.41. The number of hydrogen-bond donors (Lipinski definition) is 4. The molecule has 0 saturated heterocycles. The van der Waals surface area contributed by atoms with Crippen LogP contribution in [-0.2, 0) is 39.9 Å². The van der Waals surface area contributed by atoms with Crippen LogP contribution in [0.1, 0.15) is 39.2 Å². The monoisotopic (exact) mass is 463 g/mol. The number of ether oxygens (including phenoxy) is 1. The maximum atomic E-state index is 12.7. The summed E-state index contributed by atoms with van der Waals surface area (Å²) in [6.07, 6.45) is 0.0650. The largest absolute Gasteiger partial charge is 0.481 e. The minimum Gasteiger partial charge on any atom is -0.481 e. The van der Waals surface area contributed by atoms with Gasteiger partial charge in [0.05, 0.1) is 6.42 Å². The van der Waals surface area contributed by atoms with Gasteiger partial charge in [-0.3, -0.25) is 28.8 Å². The zero-order valence-corrected chi connectivity index (χ0v) is 18.8. The van der Waals surface area contributed by atoms with E-state index in [9.17, 15) is 28.8 Å². The summed E-state index contributed by atoms with van der Waals surface area (Å²) in [4.78, 5) is 70.7. The van der Waals surface area contributed by atoms with Crippen LogP contribution in [0.2, 0.25) is 0 Å². The molecule has 4 N–H and O–H groups in total. The van der Waals surface area contributed by atoms with Crippen molar-refractivity contribution in [2.75, 3.05) is 6.61 Å². The highest BCUT2D eigenvalue weighted by Gasteiger charge is 2.28. The van der Waals surface area contributed by atoms with Crippen LogP contribution in [-0.4, -0.2) is 65.3 Å². The lowest BCUT2D eigenvalue weighted by atomic mass is 10.0. The normalized spacial score (nSPS) is 13.1. The molecule has 0 aromatic heterocycles. The molecule has 33 heavy (non-hydrogen) atoms. The van der Waals surface area contributed by atoms with E-state index in [4.69, 9.17) is 5.11 Å². The Hall–Kier alpha value is -3.76. The van der Waals surface area contributed by atoms with Crippen molar-refractivity contribution in [1.29, 1.82) is 0 Å². The summed E-state index contributed by atoms with van der Waals surface area (Å²) in [6.45, 7) is 3.01. The number of amides is 3. The maximum absolute atomic E-state index is 12.7. The number of aliphatic carboxylic acids is 1. The first-order valence-electron chi connectivity index (χ1n) is 10.3. The van der Waals surface area contributed by atoms with E-state index >= 15 is 0 Å². The molecule has 0 fully saturated rings. The molecule has 3 atom stereocenters. The van der Waals surface area contributed by atoms with Gasteiger partial charge in [0.1, 0.15) is 18.1 Å². The summed E-state index contributed by atoms with van der Waals surface area (Å²) < 4.78 is 4.56. The van der Waals surface area contributed by atoms with Gasteiger partial charge in [-0.15, -0.1) is 0 Å². The summed E-state index contributed by atoms with van der Waals surface area (Å²) in [7, 11) is 0. The number of esters is 1. The van der Waals surface area contributed by atoms with Crippen molar-refractivity contribution in [3.8, 4) is 0 Å². The molecule has 0 radical (unpaired) electrons. The van der Waals surface area contributed by atoms with Crippen LogP contribution in [0.15, 0.2) is 30.3 Å². The van der Waals surface area contributed by atoms with Crippen molar-refractivity contribution in [3.05, 3.63) is 35.9 Å². The molecule has 0 heterocycles. The van der Waals surface area contributed by atoms with Crippen LogP contribution >= 0.6 is 0 Å². The van der Waals surface area contributed by atoms with Gasteiger partial charge < -0.3 is 25.8 Å². The lowest BCUT2D eigenvalue weighted by Crippen LogP contribution is -2.55. The van der Waals surface area contributed by atoms with Gasteiger partial charge in [-0.2, -0.15) is 0 Å². The molecule has 0 aliphatic carbocycles. The summed E-state index contributed by atoms with van der Waals surface area (Å²) in [6, 6.07) is 5.84. The molecular weight excluding hydrogens is 434 g/mol. The number of carboxylic acid groups (broad SMARTS) is 1. The van der Waals surface area contributed by atoms with E-state index in [2.05, 4.69) is 20.7 Å². The highest BCUT2D eigenvalue weighted by Crippen LogP contribution is 2.06. The number of carbonyl (C=O) groups is 6. The van der Waals surface area contributed by atoms with Gasteiger partial charge in [0, 0.05) is 13.8 Å². The molecule has 0 saturated carbocycles. The molecule has 180 valence electrons. The van der Waals surface area contributed by atoms with Crippen LogP contribution in [0, 0.1) is 0 Å². The summed E-state index contributed by atoms with van der Waals surface area (Å²) in [5.74, 6) is -4.72. The Morgan fingerprint density at radius 3 is 2.09 bits per heavy atom. The topological polar surface area (TPSA) is 168 Å². The number of Topliss-reactive ketones (excluding diaryl/α,β-unsaturated/α-hetero) is 1. The lowest BCUT2D eigenvalue weighted by Gasteiger charge is -2.22. The number of benzene rings is 1. The minimum absolute atomic E-state index is 0.284. The minimum atomic E-state index is -1.45. The molecule has 1 aromatic carbocycles. The Morgan fingerprint density at radius 2 is 1.55 bits per heavy atom. The summed E-state index contributed by atoms with van der Waals surface area (Å²) in [5, 5.41) is 16.3. The average Bonchev–Trinajstić information content (AvgIpc) is 2.74. The average molecular weight is 463 g/mol. The van der Waals surface area contributed by atoms with Gasteiger partial charge in [-0.25, -0.2) is 0 Å². The van der Waals surface area contributed by atoms with E-state index < -0.39 is 66.6 Å². The van der Waals surface area contributed by atoms with Crippen molar-refractivity contribution in [2.24, 2.45) is 0 Å². The molecule has 3 unspecified atom stereocenters. The first-order valence-corrected chi connectivity index (χ1v) is 10.3. The lowest BCUT2D eigenvalue weighted by molar-refractivity contribution is -0.147. The Kier molecular flexibility index (Phi) is 11.2. The molecule has 1 aromatic rings. The number of rotatable bonds is 13. The smallest absolute Gasteiger partial charge is 0.305 e. The number of hydrogen-bond acceptors (Lipinski definition) is 7. The number of nitrogens with one attached hydrogen (secondary N) is 3. The van der Waals surface area contributed by atoms with Gasteiger partial charge in [-0.1, -0.05) is 30.3 Å². The highest BCUT2D eigenvalue weighted by molar-refractivity contribution is 5.96. The van der Waals surface area contributed by atoms with E-state index in [0.717, 1.165) is 12.5 Å². The van der Waals surface area contributed by atoms with Crippen LogP contribution in [0.3, 0.4) is 0 Å². The summed E-state index contributed by atoms with van der Waals surface area (Å²) >= 11 is 0. The van der Waals surface area contributed by atoms with E-state index in [0.29, 0.717) is 6.42 Å². The Bertz CT molecular complexity index is 872. The first-order chi connectivity index (χ1) is 15.5. The molecular formula is C22H29N3O8. The first kappa shape index (κ1) is 27.3. The zero-order chi connectivity index (χ0) is 25.0. The van der Waals surface area contributed by atoms with E-state index in [-0.39, 0.29) is 6.42 Å². The Balaban J connectivity index is 2.76. The van der Waals surface area contributed by atoms with Gasteiger partial charge in [0.2, 0.25) is 17.7 Å². The zero-order valence-electron chi connectivity index (χ0n) is 18.8. The molecule has 3 amide bonds. The predicted octanol–water partition coefficient (Wildman–Crippen LogP) is -0.280. The third-order valence-corrected chi connectivity index (χ3v) is 4.51. The van der Waals surface area contributed by atoms with Crippen LogP contribution in [0.25, 0.3) is 0 Å². The van der Waals surface area contributed by atoms with Gasteiger partial charge in [0.25, 0.3) is 0 Å². The second-order valence-electron chi connectivity index (χ2n) is 7.41. The van der Waals surface area contributed by atoms with Crippen LogP contribution in [0.4, 0.5) is 0 Å². The molecule has 0 aliphatic heterocycles. The Morgan fingerprint density at radius 1 is 0.909 bits per heavy atom. The quantitative estimate of drug-likeness (QED) is 0.290. The molecule has 1 rings (SSSR count). The number of aryl methyl sites for hydroxylation is 1. The summed E-state index contributed by atoms with van der Waals surface area (Å²) in [5.41, 5.74) is 0.967. The molecule has 0 bridgehead atoms. The number of carbonyl (C=O) groups excluding carboxylic acids is 5. The van der Waals surface area contributed by atoms with Crippen molar-refractivity contribution in [1.82, 2.24) is 16.0 Å². The van der Waals surface area contributed by atoms with Crippen molar-refractivity contribution < 1.29 is 38.6 Å². The maximum Gasteiger partial charge on any atom is 0.305 e. The van der Waals surface area contributed by atoms with Crippen molar-refractivity contribution in [3.63, 3.8) is 0 Å². The van der Waals surface area contributed by atoms with Gasteiger partial charge in [0.15, 0.2) is 12.4 Å². The van der Waals surface area contributed by atoms with Crippen LogP contribution in [0.5, 0.6) is 0 Å². The van der Waals surface area contributed by atoms with Crippen LogP contribution < -0.4 is 16.0 Å². The predicted molar refractivity (Wildman–Crippen MR) is 116 cm³/mol. The third-order valence-electron chi connectivity index (χ3n) is 4.51. The molecule has 0 spiro atoms. The fourth-order valence-electron chi connectivity index (χ4n) is 2.84. The molecule has 11 heteroatoms. The fraction of sp³-hybridized carbons (Fsp3) is 0.455. The van der Waals surface area contributed by atoms with Gasteiger partial charge >= 0.3 is 11.9 Å². The SMILES string of the molecule is CC(=O)NC(CCc1ccccc1)C(=O)NC(C)C(=O)NC(CC(=O)O)C(=O)COC(C)=O. The van der Waals surface area contributed by atoms with E-state index in [1.54, 1.807) is 0 Å². The second kappa shape index (κ2) is 13.6. The van der Waals surface area contributed by atoms with E-state index in [1.165, 1.54) is 13.8 Å². The van der Waals surface area contributed by atoms with Gasteiger partial charge in [-0.05, 0) is 25.3 Å². The molecule has 0 aliphatic rings. The standard InChI is InChI=1S/C22H29N3O8/c1-13(21(31)25-18(11-20(29)30)19(28)12-33-15(3)27)23-22(32)17(24-14(2)26)10-9-16-7-5-4-6-8-16/h4-8,13,17-18H,9-12H2,1-3H3,(H,23,32)(H,24,26)(H,25,31)(H,29,30). The Labute approximate surface area is 191 Å². The third kappa shape index (κ3) is 10.9. The number of ketones is 1. The molecule has 11 nitrogen and oxygen atoms in total. The number of carboxylic acids is 1.